The van der Waals surface area contributed by atoms with Gasteiger partial charge in [0.15, 0.2) is 5.79 Å². The number of carbonyl (C=O) groups excluding carboxylic acids is 1. The Morgan fingerprint density at radius 1 is 1.25 bits per heavy atom. The summed E-state index contributed by atoms with van der Waals surface area (Å²) < 4.78 is 11.5. The monoisotopic (exact) mass is 334 g/mol. The van der Waals surface area contributed by atoms with Gasteiger partial charge in [-0.25, -0.2) is 9.97 Å². The van der Waals surface area contributed by atoms with Gasteiger partial charge in [-0.2, -0.15) is 0 Å². The first kappa shape index (κ1) is 17.1. The first-order valence-corrected chi connectivity index (χ1v) is 8.74. The topological polar surface area (TPSA) is 67.8 Å². The van der Waals surface area contributed by atoms with Crippen molar-refractivity contribution >= 4 is 11.7 Å². The number of hydrogen-bond acceptors (Lipinski definition) is 6. The molecule has 132 valence electrons. The van der Waals surface area contributed by atoms with Gasteiger partial charge in [0.05, 0.1) is 25.6 Å². The maximum absolute atomic E-state index is 12.3. The molecule has 0 saturated carbocycles. The van der Waals surface area contributed by atoms with Gasteiger partial charge in [-0.05, 0) is 6.42 Å². The molecule has 1 spiro atoms. The van der Waals surface area contributed by atoms with Crippen LogP contribution in [0.5, 0.6) is 0 Å². The highest BCUT2D eigenvalue weighted by Gasteiger charge is 2.40. The van der Waals surface area contributed by atoms with Gasteiger partial charge in [0.1, 0.15) is 11.5 Å². The van der Waals surface area contributed by atoms with Crippen LogP contribution in [0.4, 0.5) is 5.82 Å². The van der Waals surface area contributed by atoms with Crippen LogP contribution in [-0.4, -0.2) is 66.5 Å². The van der Waals surface area contributed by atoms with Gasteiger partial charge in [0, 0.05) is 39.5 Å². The third-order valence-electron chi connectivity index (χ3n) is 4.71. The number of amides is 1. The van der Waals surface area contributed by atoms with E-state index >= 15 is 0 Å². The molecule has 2 fully saturated rings. The van der Waals surface area contributed by atoms with Gasteiger partial charge in [0.2, 0.25) is 0 Å². The van der Waals surface area contributed by atoms with Crippen LogP contribution in [0.25, 0.3) is 0 Å². The second kappa shape index (κ2) is 7.44. The zero-order chi connectivity index (χ0) is 17.0. The lowest BCUT2D eigenvalue weighted by Gasteiger charge is -2.37. The molecular weight excluding hydrogens is 308 g/mol. The Hall–Kier alpha value is -1.73. The molecule has 0 N–H and O–H groups in total. The van der Waals surface area contributed by atoms with Gasteiger partial charge in [0.25, 0.3) is 5.91 Å². The van der Waals surface area contributed by atoms with Crippen molar-refractivity contribution in [1.29, 1.82) is 0 Å². The van der Waals surface area contributed by atoms with Crippen LogP contribution in [0.2, 0.25) is 0 Å². The standard InChI is InChI=1S/C17H26N4O3/c1-3-4-7-20(2)16(22)14-12-19-15(13-18-14)21-8-5-17(6-9-21)23-10-11-24-17/h12-13H,3-11H2,1-2H3. The molecule has 0 aliphatic carbocycles. The zero-order valence-electron chi connectivity index (χ0n) is 14.5. The van der Waals surface area contributed by atoms with Crippen LogP contribution in [0.1, 0.15) is 43.1 Å². The van der Waals surface area contributed by atoms with Crippen LogP contribution < -0.4 is 4.90 Å². The minimum Gasteiger partial charge on any atom is -0.355 e. The fourth-order valence-electron chi connectivity index (χ4n) is 3.15. The Morgan fingerprint density at radius 3 is 2.54 bits per heavy atom. The molecule has 3 heterocycles. The second-order valence-corrected chi connectivity index (χ2v) is 6.43. The SMILES string of the molecule is CCCCN(C)C(=O)c1cnc(N2CCC3(CC2)OCCO3)cn1. The van der Waals surface area contributed by atoms with E-state index in [0.717, 1.165) is 51.1 Å². The van der Waals surface area contributed by atoms with E-state index < -0.39 is 0 Å². The van der Waals surface area contributed by atoms with Crippen molar-refractivity contribution in [1.82, 2.24) is 14.9 Å². The summed E-state index contributed by atoms with van der Waals surface area (Å²) in [7, 11) is 1.80. The smallest absolute Gasteiger partial charge is 0.273 e. The zero-order valence-corrected chi connectivity index (χ0v) is 14.5. The predicted octanol–water partition coefficient (Wildman–Crippen LogP) is 1.69. The number of aromatic nitrogens is 2. The van der Waals surface area contributed by atoms with Crippen molar-refractivity contribution in [2.24, 2.45) is 0 Å². The number of anilines is 1. The Kier molecular flexibility index (Phi) is 5.30. The lowest BCUT2D eigenvalue weighted by atomic mass is 10.0. The number of carbonyl (C=O) groups is 1. The molecule has 1 aromatic rings. The van der Waals surface area contributed by atoms with E-state index in [9.17, 15) is 4.79 Å². The molecule has 2 aliphatic rings. The molecule has 1 amide bonds. The van der Waals surface area contributed by atoms with Crippen LogP contribution in [0.15, 0.2) is 12.4 Å². The van der Waals surface area contributed by atoms with Crippen LogP contribution in [0.3, 0.4) is 0 Å². The molecule has 0 atom stereocenters. The predicted molar refractivity (Wildman–Crippen MR) is 90.0 cm³/mol. The number of piperidine rings is 1. The molecule has 0 bridgehead atoms. The summed E-state index contributed by atoms with van der Waals surface area (Å²) in [4.78, 5) is 24.9. The van der Waals surface area contributed by atoms with Gasteiger partial charge in [-0.15, -0.1) is 0 Å². The maximum Gasteiger partial charge on any atom is 0.273 e. The van der Waals surface area contributed by atoms with E-state index in [1.807, 2.05) is 0 Å². The summed E-state index contributed by atoms with van der Waals surface area (Å²) in [6.07, 6.45) is 6.98. The molecule has 0 radical (unpaired) electrons. The van der Waals surface area contributed by atoms with E-state index in [-0.39, 0.29) is 11.7 Å². The van der Waals surface area contributed by atoms with Crippen molar-refractivity contribution in [2.75, 3.05) is 44.8 Å². The minimum absolute atomic E-state index is 0.0761. The molecule has 24 heavy (non-hydrogen) atoms. The van der Waals surface area contributed by atoms with Crippen molar-refractivity contribution in [2.45, 2.75) is 38.4 Å². The summed E-state index contributed by atoms with van der Waals surface area (Å²) in [6, 6.07) is 0. The molecule has 0 unspecified atom stereocenters. The third kappa shape index (κ3) is 3.67. The van der Waals surface area contributed by atoms with Crippen LogP contribution >= 0.6 is 0 Å². The van der Waals surface area contributed by atoms with E-state index in [1.54, 1.807) is 24.3 Å². The van der Waals surface area contributed by atoms with Crippen LogP contribution in [0, 0.1) is 0 Å². The van der Waals surface area contributed by atoms with E-state index in [2.05, 4.69) is 21.8 Å². The average molecular weight is 334 g/mol. The van der Waals surface area contributed by atoms with Crippen molar-refractivity contribution in [3.63, 3.8) is 0 Å². The first-order valence-electron chi connectivity index (χ1n) is 8.74. The molecule has 2 saturated heterocycles. The molecule has 2 aliphatic heterocycles. The fourth-order valence-corrected chi connectivity index (χ4v) is 3.15. The van der Waals surface area contributed by atoms with Gasteiger partial charge < -0.3 is 19.3 Å². The Labute approximate surface area is 143 Å². The lowest BCUT2D eigenvalue weighted by molar-refractivity contribution is -0.169. The number of nitrogens with zero attached hydrogens (tertiary/aromatic N) is 4. The molecular formula is C17H26N4O3. The largest absolute Gasteiger partial charge is 0.355 e. The Morgan fingerprint density at radius 2 is 1.96 bits per heavy atom. The van der Waals surface area contributed by atoms with Crippen molar-refractivity contribution < 1.29 is 14.3 Å². The highest BCUT2D eigenvalue weighted by atomic mass is 16.7. The molecule has 3 rings (SSSR count). The van der Waals surface area contributed by atoms with E-state index in [4.69, 9.17) is 9.47 Å². The second-order valence-electron chi connectivity index (χ2n) is 6.43. The van der Waals surface area contributed by atoms with Crippen LogP contribution in [-0.2, 0) is 9.47 Å². The first-order chi connectivity index (χ1) is 11.6. The fraction of sp³-hybridized carbons (Fsp3) is 0.706. The highest BCUT2D eigenvalue weighted by Crippen LogP contribution is 2.32. The molecule has 0 aromatic carbocycles. The minimum atomic E-state index is -0.387. The average Bonchev–Trinajstić information content (AvgIpc) is 3.08. The van der Waals surface area contributed by atoms with E-state index in [1.165, 1.54) is 0 Å². The summed E-state index contributed by atoms with van der Waals surface area (Å²) in [6.45, 7) is 5.85. The maximum atomic E-state index is 12.3. The molecule has 7 nitrogen and oxygen atoms in total. The third-order valence-corrected chi connectivity index (χ3v) is 4.71. The number of hydrogen-bond donors (Lipinski definition) is 0. The summed E-state index contributed by atoms with van der Waals surface area (Å²) in [5.74, 6) is 0.338. The van der Waals surface area contributed by atoms with E-state index in [0.29, 0.717) is 18.9 Å². The molecule has 7 heteroatoms. The molecule has 1 aromatic heterocycles. The normalized spacial score (nSPS) is 19.7. The summed E-state index contributed by atoms with van der Waals surface area (Å²) >= 11 is 0. The quantitative estimate of drug-likeness (QED) is 0.816. The van der Waals surface area contributed by atoms with Gasteiger partial charge in [-0.1, -0.05) is 13.3 Å². The number of ether oxygens (including phenoxy) is 2. The Bertz CT molecular complexity index is 547. The lowest BCUT2D eigenvalue weighted by Crippen LogP contribution is -2.45. The summed E-state index contributed by atoms with van der Waals surface area (Å²) in [5.41, 5.74) is 0.397. The number of unbranched alkanes of at least 4 members (excludes halogenated alkanes) is 1. The summed E-state index contributed by atoms with van der Waals surface area (Å²) in [5, 5.41) is 0. The van der Waals surface area contributed by atoms with Gasteiger partial charge in [-0.3, -0.25) is 4.79 Å². The Balaban J connectivity index is 1.58. The highest BCUT2D eigenvalue weighted by molar-refractivity contribution is 5.91. The van der Waals surface area contributed by atoms with Crippen molar-refractivity contribution in [3.05, 3.63) is 18.1 Å². The van der Waals surface area contributed by atoms with Gasteiger partial charge >= 0.3 is 0 Å². The van der Waals surface area contributed by atoms with Crippen molar-refractivity contribution in [3.8, 4) is 0 Å². The number of rotatable bonds is 5.